The fourth-order valence-electron chi connectivity index (χ4n) is 2.28. The first-order valence-electron chi connectivity index (χ1n) is 5.22. The summed E-state index contributed by atoms with van der Waals surface area (Å²) in [6.45, 7) is 5.39. The van der Waals surface area contributed by atoms with E-state index in [1.54, 1.807) is 0 Å². The van der Waals surface area contributed by atoms with Crippen LogP contribution in [0.15, 0.2) is 12.1 Å². The highest BCUT2D eigenvalue weighted by molar-refractivity contribution is 5.61. The van der Waals surface area contributed by atoms with Crippen molar-refractivity contribution in [2.24, 2.45) is 0 Å². The van der Waals surface area contributed by atoms with Crippen LogP contribution in [0.1, 0.15) is 16.7 Å². The third kappa shape index (κ3) is 1.62. The van der Waals surface area contributed by atoms with E-state index in [2.05, 4.69) is 36.6 Å². The molecule has 1 aromatic rings. The highest BCUT2D eigenvalue weighted by Crippen LogP contribution is 2.29. The van der Waals surface area contributed by atoms with Crippen LogP contribution in [-0.4, -0.2) is 19.6 Å². The summed E-state index contributed by atoms with van der Waals surface area (Å²) in [6, 6.07) is 5.08. The summed E-state index contributed by atoms with van der Waals surface area (Å²) in [7, 11) is 2.00. The van der Waals surface area contributed by atoms with Crippen LogP contribution in [0.3, 0.4) is 0 Å². The van der Waals surface area contributed by atoms with Gasteiger partial charge in [-0.2, -0.15) is 0 Å². The van der Waals surface area contributed by atoms with Gasteiger partial charge < -0.3 is 10.6 Å². The van der Waals surface area contributed by atoms with Crippen molar-refractivity contribution in [2.45, 2.75) is 26.3 Å². The van der Waals surface area contributed by atoms with Crippen LogP contribution in [0, 0.1) is 13.8 Å². The van der Waals surface area contributed by atoms with Gasteiger partial charge in [0.25, 0.3) is 0 Å². The largest absolute Gasteiger partial charge is 0.380 e. The van der Waals surface area contributed by atoms with Gasteiger partial charge in [-0.25, -0.2) is 0 Å². The second-order valence-corrected chi connectivity index (χ2v) is 4.21. The maximum atomic E-state index is 3.55. The van der Waals surface area contributed by atoms with Crippen LogP contribution in [-0.2, 0) is 6.42 Å². The van der Waals surface area contributed by atoms with Crippen LogP contribution in [0.25, 0.3) is 0 Å². The molecular formula is C12H18N2. The molecule has 14 heavy (non-hydrogen) atoms. The minimum atomic E-state index is 0.565. The Morgan fingerprint density at radius 2 is 2.21 bits per heavy atom. The van der Waals surface area contributed by atoms with Crippen molar-refractivity contribution in [1.82, 2.24) is 5.32 Å². The van der Waals surface area contributed by atoms with E-state index in [1.165, 1.54) is 22.4 Å². The van der Waals surface area contributed by atoms with Crippen molar-refractivity contribution in [2.75, 3.05) is 18.9 Å². The quantitative estimate of drug-likeness (QED) is 0.744. The maximum Gasteiger partial charge on any atom is 0.0427 e. The second-order valence-electron chi connectivity index (χ2n) is 4.21. The smallest absolute Gasteiger partial charge is 0.0427 e. The number of benzene rings is 1. The maximum absolute atomic E-state index is 3.55. The van der Waals surface area contributed by atoms with Crippen molar-refractivity contribution >= 4 is 5.69 Å². The molecule has 1 aliphatic heterocycles. The number of hydrogen-bond donors (Lipinski definition) is 2. The summed E-state index contributed by atoms with van der Waals surface area (Å²) in [5.41, 5.74) is 5.60. The lowest BCUT2D eigenvalue weighted by atomic mass is 10.0. The van der Waals surface area contributed by atoms with Crippen LogP contribution >= 0.6 is 0 Å². The lowest BCUT2D eigenvalue weighted by Crippen LogP contribution is -2.28. The second kappa shape index (κ2) is 3.62. The minimum absolute atomic E-state index is 0.565. The molecule has 2 N–H and O–H groups in total. The number of nitrogens with one attached hydrogen (secondary N) is 2. The fourth-order valence-corrected chi connectivity index (χ4v) is 2.28. The SMILES string of the molecule is CNCC1Cc2c(C)cc(C)cc2N1. The number of aryl methyl sites for hydroxylation is 2. The van der Waals surface area contributed by atoms with Gasteiger partial charge in [-0.15, -0.1) is 0 Å². The number of rotatable bonds is 2. The molecule has 76 valence electrons. The molecule has 2 rings (SSSR count). The van der Waals surface area contributed by atoms with Crippen molar-refractivity contribution in [3.05, 3.63) is 28.8 Å². The minimum Gasteiger partial charge on any atom is -0.380 e. The summed E-state index contributed by atoms with van der Waals surface area (Å²) in [5, 5.41) is 6.77. The average molecular weight is 190 g/mol. The van der Waals surface area contributed by atoms with Gasteiger partial charge in [0, 0.05) is 18.3 Å². The zero-order valence-electron chi connectivity index (χ0n) is 9.15. The number of anilines is 1. The molecule has 0 saturated carbocycles. The zero-order chi connectivity index (χ0) is 10.1. The monoisotopic (exact) mass is 190 g/mol. The predicted molar refractivity (Wildman–Crippen MR) is 61.0 cm³/mol. The lowest BCUT2D eigenvalue weighted by molar-refractivity contribution is 0.673. The zero-order valence-corrected chi connectivity index (χ0v) is 9.15. The molecule has 0 aromatic heterocycles. The fraction of sp³-hybridized carbons (Fsp3) is 0.500. The number of fused-ring (bicyclic) bond motifs is 1. The molecule has 1 unspecified atom stereocenters. The van der Waals surface area contributed by atoms with Crippen LogP contribution in [0.2, 0.25) is 0 Å². The molecule has 0 spiro atoms. The summed E-state index contributed by atoms with van der Waals surface area (Å²) in [6.07, 6.45) is 1.16. The third-order valence-electron chi connectivity index (χ3n) is 2.88. The van der Waals surface area contributed by atoms with E-state index in [1.807, 2.05) is 7.05 Å². The van der Waals surface area contributed by atoms with E-state index in [-0.39, 0.29) is 0 Å². The van der Waals surface area contributed by atoms with Crippen LogP contribution in [0.5, 0.6) is 0 Å². The Balaban J connectivity index is 2.26. The van der Waals surface area contributed by atoms with Crippen LogP contribution < -0.4 is 10.6 Å². The van der Waals surface area contributed by atoms with Gasteiger partial charge in [-0.05, 0) is 50.1 Å². The van der Waals surface area contributed by atoms with Crippen LogP contribution in [0.4, 0.5) is 5.69 Å². The molecule has 0 amide bonds. The molecule has 1 atom stereocenters. The van der Waals surface area contributed by atoms with E-state index >= 15 is 0 Å². The summed E-state index contributed by atoms with van der Waals surface area (Å²) >= 11 is 0. The van der Waals surface area contributed by atoms with Crippen molar-refractivity contribution < 1.29 is 0 Å². The van der Waals surface area contributed by atoms with Gasteiger partial charge in [-0.3, -0.25) is 0 Å². The third-order valence-corrected chi connectivity index (χ3v) is 2.88. The van der Waals surface area contributed by atoms with E-state index in [0.29, 0.717) is 6.04 Å². The molecule has 0 bridgehead atoms. The molecule has 0 aliphatic carbocycles. The molecule has 1 heterocycles. The predicted octanol–water partition coefficient (Wildman–Crippen LogP) is 1.86. The first-order valence-corrected chi connectivity index (χ1v) is 5.22. The van der Waals surface area contributed by atoms with Gasteiger partial charge in [-0.1, -0.05) is 6.07 Å². The normalized spacial score (nSPS) is 19.2. The Kier molecular flexibility index (Phi) is 2.46. The summed E-state index contributed by atoms with van der Waals surface area (Å²) in [5.74, 6) is 0. The van der Waals surface area contributed by atoms with Crippen molar-refractivity contribution in [3.63, 3.8) is 0 Å². The molecule has 0 saturated heterocycles. The Hall–Kier alpha value is -1.02. The Labute approximate surface area is 85.7 Å². The highest BCUT2D eigenvalue weighted by Gasteiger charge is 2.21. The Morgan fingerprint density at radius 3 is 2.93 bits per heavy atom. The van der Waals surface area contributed by atoms with Gasteiger partial charge in [0.1, 0.15) is 0 Å². The van der Waals surface area contributed by atoms with Gasteiger partial charge in [0.2, 0.25) is 0 Å². The molecule has 1 aromatic carbocycles. The summed E-state index contributed by atoms with van der Waals surface area (Å²) in [4.78, 5) is 0. The van der Waals surface area contributed by atoms with E-state index in [4.69, 9.17) is 0 Å². The molecular weight excluding hydrogens is 172 g/mol. The molecule has 2 nitrogen and oxygen atoms in total. The number of hydrogen-bond acceptors (Lipinski definition) is 2. The Morgan fingerprint density at radius 1 is 1.43 bits per heavy atom. The average Bonchev–Trinajstić information content (AvgIpc) is 2.48. The van der Waals surface area contributed by atoms with E-state index in [9.17, 15) is 0 Å². The molecule has 2 heteroatoms. The molecule has 0 radical (unpaired) electrons. The van der Waals surface area contributed by atoms with Gasteiger partial charge in [0.05, 0.1) is 0 Å². The highest BCUT2D eigenvalue weighted by atomic mass is 15.0. The first-order chi connectivity index (χ1) is 6.70. The molecule has 1 aliphatic rings. The van der Waals surface area contributed by atoms with E-state index in [0.717, 1.165) is 13.0 Å². The topological polar surface area (TPSA) is 24.1 Å². The molecule has 0 fully saturated rings. The first kappa shape index (κ1) is 9.53. The van der Waals surface area contributed by atoms with Gasteiger partial charge in [0.15, 0.2) is 0 Å². The van der Waals surface area contributed by atoms with Gasteiger partial charge >= 0.3 is 0 Å². The standard InChI is InChI=1S/C12H18N2/c1-8-4-9(2)11-6-10(7-13-3)14-12(11)5-8/h4-5,10,13-14H,6-7H2,1-3H3. The van der Waals surface area contributed by atoms with E-state index < -0.39 is 0 Å². The Bertz CT molecular complexity index is 344. The summed E-state index contributed by atoms with van der Waals surface area (Å²) < 4.78 is 0. The van der Waals surface area contributed by atoms with Crippen molar-refractivity contribution in [3.8, 4) is 0 Å². The van der Waals surface area contributed by atoms with Crippen molar-refractivity contribution in [1.29, 1.82) is 0 Å². The number of likely N-dealkylation sites (N-methyl/N-ethyl adjacent to an activating group) is 1. The lowest BCUT2D eigenvalue weighted by Gasteiger charge is -2.09.